The van der Waals surface area contributed by atoms with Crippen LogP contribution in [0.3, 0.4) is 0 Å². The highest BCUT2D eigenvalue weighted by molar-refractivity contribution is 5.78. The van der Waals surface area contributed by atoms with Gasteiger partial charge in [-0.05, 0) is 12.8 Å². The Morgan fingerprint density at radius 2 is 2.19 bits per heavy atom. The summed E-state index contributed by atoms with van der Waals surface area (Å²) in [6.45, 7) is 6.25. The second kappa shape index (κ2) is 5.12. The number of hydrogen-bond acceptors (Lipinski definition) is 4. The van der Waals surface area contributed by atoms with Gasteiger partial charge in [-0.25, -0.2) is 0 Å². The highest BCUT2D eigenvalue weighted by Gasteiger charge is 2.41. The van der Waals surface area contributed by atoms with Gasteiger partial charge in [0.2, 0.25) is 0 Å². The van der Waals surface area contributed by atoms with E-state index in [2.05, 4.69) is 16.6 Å². The average molecular weight is 227 g/mol. The maximum Gasteiger partial charge on any atom is 0.323 e. The molecule has 1 heterocycles. The minimum absolute atomic E-state index is 0.0141. The Morgan fingerprint density at radius 3 is 2.62 bits per heavy atom. The van der Waals surface area contributed by atoms with Gasteiger partial charge in [-0.2, -0.15) is 0 Å². The molecule has 2 N–H and O–H groups in total. The summed E-state index contributed by atoms with van der Waals surface area (Å²) in [6, 6.07) is -0.539. The molecule has 90 valence electrons. The molecule has 16 heavy (non-hydrogen) atoms. The lowest BCUT2D eigenvalue weighted by molar-refractivity contribution is -0.145. The number of rotatable bonds is 4. The van der Waals surface area contributed by atoms with E-state index < -0.39 is 18.0 Å². The summed E-state index contributed by atoms with van der Waals surface area (Å²) in [7, 11) is 1.30. The van der Waals surface area contributed by atoms with E-state index in [-0.39, 0.29) is 18.3 Å². The van der Waals surface area contributed by atoms with Crippen LogP contribution in [0.25, 0.3) is 0 Å². The van der Waals surface area contributed by atoms with Gasteiger partial charge in [0.25, 0.3) is 0 Å². The molecule has 0 aliphatic carbocycles. The maximum absolute atomic E-state index is 11.5. The fraction of sp³-hybridized carbons (Fsp3) is 0.636. The number of carboxylic acid groups (broad SMARTS) is 1. The van der Waals surface area contributed by atoms with Gasteiger partial charge >= 0.3 is 11.9 Å². The lowest BCUT2D eigenvalue weighted by Gasteiger charge is -2.20. The van der Waals surface area contributed by atoms with Crippen LogP contribution in [0.2, 0.25) is 0 Å². The Bertz CT molecular complexity index is 313. The molecular weight excluding hydrogens is 210 g/mol. The summed E-state index contributed by atoms with van der Waals surface area (Å²) in [5.74, 6) is -1.58. The topological polar surface area (TPSA) is 75.6 Å². The van der Waals surface area contributed by atoms with Crippen molar-refractivity contribution in [2.75, 3.05) is 13.7 Å². The number of nitrogens with one attached hydrogen (secondary N) is 1. The summed E-state index contributed by atoms with van der Waals surface area (Å²) >= 11 is 0. The lowest BCUT2D eigenvalue weighted by Crippen LogP contribution is -2.37. The summed E-state index contributed by atoms with van der Waals surface area (Å²) < 4.78 is 4.65. The smallest absolute Gasteiger partial charge is 0.323 e. The number of hydrogen-bond donors (Lipinski definition) is 2. The van der Waals surface area contributed by atoms with E-state index in [1.54, 1.807) is 0 Å². The van der Waals surface area contributed by atoms with E-state index in [0.29, 0.717) is 6.54 Å². The highest BCUT2D eigenvalue weighted by atomic mass is 16.5. The second-order valence-electron chi connectivity index (χ2n) is 4.12. The number of ether oxygens (including phenoxy) is 1. The monoisotopic (exact) mass is 227 g/mol. The largest absolute Gasteiger partial charge is 0.481 e. The van der Waals surface area contributed by atoms with Crippen molar-refractivity contribution in [1.82, 2.24) is 5.32 Å². The molecule has 3 atom stereocenters. The first kappa shape index (κ1) is 12.7. The van der Waals surface area contributed by atoms with Gasteiger partial charge in [0.05, 0.1) is 13.5 Å². The van der Waals surface area contributed by atoms with Gasteiger partial charge in [0.15, 0.2) is 0 Å². The van der Waals surface area contributed by atoms with E-state index in [0.717, 1.165) is 5.57 Å². The lowest BCUT2D eigenvalue weighted by atomic mass is 9.84. The number of esters is 1. The number of carboxylic acids is 1. The van der Waals surface area contributed by atoms with Gasteiger partial charge in [-0.1, -0.05) is 12.2 Å². The Kier molecular flexibility index (Phi) is 4.06. The van der Waals surface area contributed by atoms with Gasteiger partial charge in [-0.15, -0.1) is 0 Å². The summed E-state index contributed by atoms with van der Waals surface area (Å²) in [4.78, 5) is 22.2. The fourth-order valence-corrected chi connectivity index (χ4v) is 2.18. The van der Waals surface area contributed by atoms with Crippen LogP contribution in [0.4, 0.5) is 0 Å². The van der Waals surface area contributed by atoms with Crippen LogP contribution >= 0.6 is 0 Å². The Balaban J connectivity index is 2.83. The van der Waals surface area contributed by atoms with Crippen molar-refractivity contribution in [2.24, 2.45) is 11.8 Å². The summed E-state index contributed by atoms with van der Waals surface area (Å²) in [5, 5.41) is 11.8. The molecule has 0 radical (unpaired) electrons. The fourth-order valence-electron chi connectivity index (χ4n) is 2.18. The van der Waals surface area contributed by atoms with Gasteiger partial charge in [0, 0.05) is 12.5 Å². The zero-order valence-corrected chi connectivity index (χ0v) is 9.53. The Labute approximate surface area is 94.5 Å². The molecule has 1 saturated heterocycles. The SMILES string of the molecule is C=C(C)[C@H]1CN[C@@H](C(=O)OC)[C@@H]1CC(=O)O. The van der Waals surface area contributed by atoms with Crippen molar-refractivity contribution < 1.29 is 19.4 Å². The van der Waals surface area contributed by atoms with E-state index in [1.807, 2.05) is 6.92 Å². The van der Waals surface area contributed by atoms with Crippen LogP contribution in [0, 0.1) is 11.8 Å². The van der Waals surface area contributed by atoms with Gasteiger partial charge in [0.1, 0.15) is 6.04 Å². The molecule has 1 aliphatic rings. The molecule has 0 saturated carbocycles. The van der Waals surface area contributed by atoms with Crippen molar-refractivity contribution in [1.29, 1.82) is 0 Å². The van der Waals surface area contributed by atoms with E-state index >= 15 is 0 Å². The van der Waals surface area contributed by atoms with Crippen LogP contribution in [0.1, 0.15) is 13.3 Å². The van der Waals surface area contributed by atoms with Gasteiger partial charge < -0.3 is 15.2 Å². The molecule has 0 aromatic carbocycles. The second-order valence-corrected chi connectivity index (χ2v) is 4.12. The van der Waals surface area contributed by atoms with E-state index in [4.69, 9.17) is 5.11 Å². The minimum Gasteiger partial charge on any atom is -0.481 e. The maximum atomic E-state index is 11.5. The number of carbonyl (C=O) groups is 2. The Morgan fingerprint density at radius 1 is 1.56 bits per heavy atom. The van der Waals surface area contributed by atoms with Crippen molar-refractivity contribution >= 4 is 11.9 Å². The zero-order valence-electron chi connectivity index (χ0n) is 9.53. The number of carbonyl (C=O) groups excluding carboxylic acids is 1. The molecule has 1 aliphatic heterocycles. The molecule has 5 heteroatoms. The quantitative estimate of drug-likeness (QED) is 0.537. The van der Waals surface area contributed by atoms with E-state index in [9.17, 15) is 9.59 Å². The molecule has 0 bridgehead atoms. The molecule has 1 fully saturated rings. The van der Waals surface area contributed by atoms with Crippen molar-refractivity contribution in [3.05, 3.63) is 12.2 Å². The first-order valence-corrected chi connectivity index (χ1v) is 5.15. The predicted molar refractivity (Wildman–Crippen MR) is 57.9 cm³/mol. The minimum atomic E-state index is -0.908. The van der Waals surface area contributed by atoms with Crippen LogP contribution in [0.5, 0.6) is 0 Å². The number of methoxy groups -OCH3 is 1. The zero-order chi connectivity index (χ0) is 12.3. The van der Waals surface area contributed by atoms with E-state index in [1.165, 1.54) is 7.11 Å². The Hall–Kier alpha value is -1.36. The average Bonchev–Trinajstić information content (AvgIpc) is 2.59. The molecular formula is C11H17NO4. The normalized spacial score (nSPS) is 28.8. The molecule has 0 spiro atoms. The molecule has 1 rings (SSSR count). The molecule has 5 nitrogen and oxygen atoms in total. The predicted octanol–water partition coefficient (Wildman–Crippen LogP) is 0.414. The standard InChI is InChI=1S/C11H17NO4/c1-6(2)8-5-12-10(11(15)16-3)7(8)4-9(13)14/h7-8,10,12H,1,4-5H2,2-3H3,(H,13,14)/t7-,8-,10-/m1/s1. The third-order valence-corrected chi connectivity index (χ3v) is 3.00. The third-order valence-electron chi connectivity index (χ3n) is 3.00. The van der Waals surface area contributed by atoms with Crippen LogP contribution in [-0.2, 0) is 14.3 Å². The summed E-state index contributed by atoms with van der Waals surface area (Å²) in [6.07, 6.45) is -0.0513. The summed E-state index contributed by atoms with van der Waals surface area (Å²) in [5.41, 5.74) is 0.894. The molecule has 0 aromatic rings. The molecule has 0 unspecified atom stereocenters. The first-order valence-electron chi connectivity index (χ1n) is 5.15. The van der Waals surface area contributed by atoms with Crippen LogP contribution in [0.15, 0.2) is 12.2 Å². The molecule has 0 aromatic heterocycles. The van der Waals surface area contributed by atoms with Crippen molar-refractivity contribution in [3.63, 3.8) is 0 Å². The van der Waals surface area contributed by atoms with Crippen molar-refractivity contribution in [2.45, 2.75) is 19.4 Å². The molecule has 0 amide bonds. The van der Waals surface area contributed by atoms with Crippen LogP contribution < -0.4 is 5.32 Å². The highest BCUT2D eigenvalue weighted by Crippen LogP contribution is 2.31. The van der Waals surface area contributed by atoms with Gasteiger partial charge in [-0.3, -0.25) is 9.59 Å². The van der Waals surface area contributed by atoms with Crippen LogP contribution in [-0.4, -0.2) is 36.7 Å². The first-order chi connectivity index (χ1) is 7.47. The number of aliphatic carboxylic acids is 1. The third kappa shape index (κ3) is 2.61. The van der Waals surface area contributed by atoms with Crippen molar-refractivity contribution in [3.8, 4) is 0 Å².